The van der Waals surface area contributed by atoms with Crippen molar-refractivity contribution >= 4 is 17.6 Å². The molecule has 1 heterocycles. The van der Waals surface area contributed by atoms with Crippen molar-refractivity contribution in [1.29, 1.82) is 0 Å². The predicted molar refractivity (Wildman–Crippen MR) is 155 cm³/mol. The van der Waals surface area contributed by atoms with E-state index < -0.39 is 5.60 Å². The van der Waals surface area contributed by atoms with Crippen LogP contribution in [-0.2, 0) is 27.4 Å². The molecule has 3 aromatic carbocycles. The van der Waals surface area contributed by atoms with Gasteiger partial charge >= 0.3 is 5.97 Å². The quantitative estimate of drug-likeness (QED) is 0.198. The van der Waals surface area contributed by atoms with Crippen molar-refractivity contribution in [3.05, 3.63) is 76.8 Å². The number of hydrogen-bond donors (Lipinski definition) is 0. The maximum Gasteiger partial charge on any atom is 0.320 e. The van der Waals surface area contributed by atoms with E-state index in [1.54, 1.807) is 20.3 Å². The van der Waals surface area contributed by atoms with E-state index in [9.17, 15) is 4.79 Å². The first-order valence-electron chi connectivity index (χ1n) is 12.9. The van der Waals surface area contributed by atoms with Crippen LogP contribution in [0.2, 0.25) is 5.02 Å². The van der Waals surface area contributed by atoms with Crippen LogP contribution in [0.1, 0.15) is 31.9 Å². The van der Waals surface area contributed by atoms with Gasteiger partial charge in [-0.25, -0.2) is 0 Å². The lowest BCUT2D eigenvalue weighted by atomic mass is 9.97. The van der Waals surface area contributed by atoms with Gasteiger partial charge in [-0.3, -0.25) is 9.69 Å². The normalized spacial score (nSPS) is 11.6. The molecule has 4 aromatic rings. The Kier molecular flexibility index (Phi) is 9.25. The molecule has 8 nitrogen and oxygen atoms in total. The molecule has 0 aliphatic heterocycles. The van der Waals surface area contributed by atoms with Crippen molar-refractivity contribution in [3.63, 3.8) is 0 Å². The number of carbonyl (C=O) groups is 1. The molecule has 40 heavy (non-hydrogen) atoms. The lowest BCUT2D eigenvalue weighted by molar-refractivity contribution is -0.155. The number of nitrogens with zero attached hydrogens (tertiary/aromatic N) is 3. The van der Waals surface area contributed by atoms with E-state index in [0.717, 1.165) is 33.6 Å². The molecule has 9 heteroatoms. The van der Waals surface area contributed by atoms with Gasteiger partial charge in [0.1, 0.15) is 11.4 Å². The van der Waals surface area contributed by atoms with Gasteiger partial charge in [0.15, 0.2) is 0 Å². The van der Waals surface area contributed by atoms with E-state index in [1.807, 2.05) is 87.3 Å². The van der Waals surface area contributed by atoms with Crippen molar-refractivity contribution in [2.75, 3.05) is 27.8 Å². The van der Waals surface area contributed by atoms with E-state index in [1.165, 1.54) is 0 Å². The van der Waals surface area contributed by atoms with E-state index in [2.05, 4.69) is 10.1 Å². The zero-order valence-corrected chi connectivity index (χ0v) is 24.4. The number of likely N-dealkylation sites (N-methyl/N-ethyl adjacent to an activating group) is 1. The molecule has 0 N–H and O–H groups in total. The van der Waals surface area contributed by atoms with Gasteiger partial charge in [-0.1, -0.05) is 41.0 Å². The zero-order valence-electron chi connectivity index (χ0n) is 23.7. The summed E-state index contributed by atoms with van der Waals surface area (Å²) in [7, 11) is 5.16. The van der Waals surface area contributed by atoms with Crippen LogP contribution in [0.25, 0.3) is 34.0 Å². The number of esters is 1. The lowest BCUT2D eigenvalue weighted by Crippen LogP contribution is -2.32. The Morgan fingerprint density at radius 2 is 1.77 bits per heavy atom. The van der Waals surface area contributed by atoms with Gasteiger partial charge in [-0.2, -0.15) is 4.98 Å². The topological polar surface area (TPSA) is 86.9 Å². The first kappa shape index (κ1) is 29.3. The minimum absolute atomic E-state index is 0.153. The monoisotopic (exact) mass is 563 g/mol. The molecule has 0 radical (unpaired) electrons. The minimum Gasteiger partial charge on any atom is -0.496 e. The van der Waals surface area contributed by atoms with Crippen molar-refractivity contribution in [3.8, 4) is 39.7 Å². The molecular formula is C31H34ClN3O5. The molecule has 0 aliphatic carbocycles. The van der Waals surface area contributed by atoms with Crippen LogP contribution in [0.3, 0.4) is 0 Å². The van der Waals surface area contributed by atoms with E-state index in [-0.39, 0.29) is 12.5 Å². The first-order valence-corrected chi connectivity index (χ1v) is 13.2. The second-order valence-corrected chi connectivity index (χ2v) is 11.0. The largest absolute Gasteiger partial charge is 0.496 e. The second-order valence-electron chi connectivity index (χ2n) is 10.5. The summed E-state index contributed by atoms with van der Waals surface area (Å²) in [6, 6.07) is 19.4. The highest BCUT2D eigenvalue weighted by atomic mass is 35.5. The highest BCUT2D eigenvalue weighted by molar-refractivity contribution is 6.30. The number of rotatable bonds is 10. The average Bonchev–Trinajstić information content (AvgIpc) is 3.38. The number of para-hydroxylation sites is 1. The van der Waals surface area contributed by atoms with Crippen molar-refractivity contribution in [1.82, 2.24) is 15.0 Å². The summed E-state index contributed by atoms with van der Waals surface area (Å²) in [5, 5.41) is 4.75. The number of ether oxygens (including phenoxy) is 3. The van der Waals surface area contributed by atoms with Gasteiger partial charge in [-0.05, 0) is 80.9 Å². The smallest absolute Gasteiger partial charge is 0.320 e. The molecule has 0 amide bonds. The minimum atomic E-state index is -0.531. The summed E-state index contributed by atoms with van der Waals surface area (Å²) < 4.78 is 22.1. The molecule has 0 unspecified atom stereocenters. The molecule has 0 bridgehead atoms. The van der Waals surface area contributed by atoms with Crippen molar-refractivity contribution < 1.29 is 23.5 Å². The Labute approximate surface area is 239 Å². The van der Waals surface area contributed by atoms with Crippen LogP contribution < -0.4 is 4.74 Å². The number of carbonyl (C=O) groups excluding carboxylic acids is 1. The van der Waals surface area contributed by atoms with E-state index in [0.29, 0.717) is 35.5 Å². The number of aromatic nitrogens is 2. The van der Waals surface area contributed by atoms with Crippen LogP contribution in [0.15, 0.2) is 65.2 Å². The highest BCUT2D eigenvalue weighted by Crippen LogP contribution is 2.35. The summed E-state index contributed by atoms with van der Waals surface area (Å²) in [6.07, 6.45) is 0. The fraction of sp³-hybridized carbons (Fsp3) is 0.323. The fourth-order valence-electron chi connectivity index (χ4n) is 4.42. The first-order chi connectivity index (χ1) is 19.1. The standard InChI is InChI=1S/C31H34ClN3O5/c1-31(2,3)39-28(36)18-35(4)17-20-13-22(16-24(32)14-20)29-33-30(40-34-29)21-11-12-25(23(15-21)19-37-5)26-9-7-8-10-27(26)38-6/h7-16H,17-19H2,1-6H3. The molecule has 0 atom stereocenters. The molecule has 0 spiro atoms. The van der Waals surface area contributed by atoms with E-state index in [4.69, 9.17) is 30.3 Å². The van der Waals surface area contributed by atoms with Gasteiger partial charge < -0.3 is 18.7 Å². The van der Waals surface area contributed by atoms with Gasteiger partial charge in [0.05, 0.1) is 20.3 Å². The summed E-state index contributed by atoms with van der Waals surface area (Å²) in [4.78, 5) is 18.7. The average molecular weight is 564 g/mol. The van der Waals surface area contributed by atoms with Gasteiger partial charge in [0, 0.05) is 35.4 Å². The molecule has 210 valence electrons. The molecule has 0 saturated heterocycles. The summed E-state index contributed by atoms with van der Waals surface area (Å²) in [5.41, 5.74) is 4.78. The third-order valence-corrected chi connectivity index (χ3v) is 6.18. The maximum absolute atomic E-state index is 12.2. The summed E-state index contributed by atoms with van der Waals surface area (Å²) >= 11 is 6.44. The molecular weight excluding hydrogens is 530 g/mol. The van der Waals surface area contributed by atoms with Gasteiger partial charge in [0.25, 0.3) is 5.89 Å². The Hall–Kier alpha value is -3.72. The third-order valence-electron chi connectivity index (χ3n) is 5.96. The van der Waals surface area contributed by atoms with Crippen molar-refractivity contribution in [2.24, 2.45) is 0 Å². The van der Waals surface area contributed by atoms with Gasteiger partial charge in [0.2, 0.25) is 5.82 Å². The third kappa shape index (κ3) is 7.47. The van der Waals surface area contributed by atoms with Crippen LogP contribution >= 0.6 is 11.6 Å². The summed E-state index contributed by atoms with van der Waals surface area (Å²) in [5.74, 6) is 1.28. The molecule has 1 aromatic heterocycles. The molecule has 0 aliphatic rings. The Morgan fingerprint density at radius 3 is 2.50 bits per heavy atom. The van der Waals surface area contributed by atoms with Crippen LogP contribution in [0.5, 0.6) is 5.75 Å². The van der Waals surface area contributed by atoms with Crippen LogP contribution in [-0.4, -0.2) is 54.4 Å². The van der Waals surface area contributed by atoms with Gasteiger partial charge in [-0.15, -0.1) is 0 Å². The Balaban J connectivity index is 1.57. The number of benzene rings is 3. The van der Waals surface area contributed by atoms with Crippen LogP contribution in [0.4, 0.5) is 0 Å². The zero-order chi connectivity index (χ0) is 28.9. The number of halogens is 1. The Bertz CT molecular complexity index is 1480. The molecule has 4 rings (SSSR count). The highest BCUT2D eigenvalue weighted by Gasteiger charge is 2.19. The number of methoxy groups -OCH3 is 2. The second kappa shape index (κ2) is 12.6. The van der Waals surface area contributed by atoms with Crippen molar-refractivity contribution in [2.45, 2.75) is 39.5 Å². The predicted octanol–water partition coefficient (Wildman–Crippen LogP) is 6.65. The lowest BCUT2D eigenvalue weighted by Gasteiger charge is -2.22. The SMILES string of the molecule is COCc1cc(-c2nc(-c3cc(Cl)cc(CN(C)CC(=O)OC(C)(C)C)c3)no2)ccc1-c1ccccc1OC. The number of hydrogen-bond acceptors (Lipinski definition) is 8. The fourth-order valence-corrected chi connectivity index (χ4v) is 4.68. The van der Waals surface area contributed by atoms with Crippen LogP contribution in [0, 0.1) is 0 Å². The maximum atomic E-state index is 12.2. The van der Waals surface area contributed by atoms with E-state index >= 15 is 0 Å². The molecule has 0 saturated carbocycles. The Morgan fingerprint density at radius 1 is 1.00 bits per heavy atom. The molecule has 0 fully saturated rings. The summed E-state index contributed by atoms with van der Waals surface area (Å²) in [6.45, 7) is 6.58.